The Morgan fingerprint density at radius 3 is 2.06 bits per heavy atom. The fraction of sp³-hybridized carbons (Fsp3) is 0.297. The summed E-state index contributed by atoms with van der Waals surface area (Å²) in [7, 11) is -4.22. The Labute approximate surface area is 288 Å². The van der Waals surface area contributed by atoms with Crippen LogP contribution in [-0.4, -0.2) is 43.8 Å². The van der Waals surface area contributed by atoms with Gasteiger partial charge in [0, 0.05) is 34.6 Å². The van der Waals surface area contributed by atoms with Gasteiger partial charge in [-0.3, -0.25) is 13.9 Å². The summed E-state index contributed by atoms with van der Waals surface area (Å²) < 4.78 is 29.8. The molecule has 0 aromatic heterocycles. The maximum absolute atomic E-state index is 14.7. The lowest BCUT2D eigenvalue weighted by molar-refractivity contribution is -0.140. The van der Waals surface area contributed by atoms with E-state index in [1.165, 1.54) is 17.0 Å². The zero-order valence-corrected chi connectivity index (χ0v) is 29.7. The molecule has 10 heteroatoms. The Morgan fingerprint density at radius 2 is 1.45 bits per heavy atom. The molecule has 7 nitrogen and oxygen atoms in total. The van der Waals surface area contributed by atoms with Crippen LogP contribution in [0.1, 0.15) is 48.1 Å². The van der Waals surface area contributed by atoms with Crippen LogP contribution in [-0.2, 0) is 32.6 Å². The molecule has 47 heavy (non-hydrogen) atoms. The number of benzene rings is 4. The van der Waals surface area contributed by atoms with Crippen molar-refractivity contribution in [3.05, 3.63) is 129 Å². The molecule has 0 heterocycles. The van der Waals surface area contributed by atoms with Crippen molar-refractivity contribution in [3.8, 4) is 0 Å². The van der Waals surface area contributed by atoms with Crippen molar-refractivity contribution in [2.75, 3.05) is 10.8 Å². The van der Waals surface area contributed by atoms with Crippen molar-refractivity contribution in [1.29, 1.82) is 0 Å². The van der Waals surface area contributed by atoms with Crippen molar-refractivity contribution in [1.82, 2.24) is 10.2 Å². The molecule has 248 valence electrons. The van der Waals surface area contributed by atoms with Gasteiger partial charge < -0.3 is 10.2 Å². The molecule has 0 saturated heterocycles. The van der Waals surface area contributed by atoms with Gasteiger partial charge in [-0.1, -0.05) is 96.4 Å². The molecular weight excluding hydrogens is 653 g/mol. The summed E-state index contributed by atoms with van der Waals surface area (Å²) in [5.74, 6) is -0.947. The van der Waals surface area contributed by atoms with Gasteiger partial charge in [-0.2, -0.15) is 0 Å². The second-order valence-corrected chi connectivity index (χ2v) is 14.5. The van der Waals surface area contributed by atoms with E-state index >= 15 is 0 Å². The smallest absolute Gasteiger partial charge is 0.264 e. The number of carbonyl (C=O) groups is 2. The van der Waals surface area contributed by atoms with Crippen LogP contribution in [0.3, 0.4) is 0 Å². The molecule has 0 aliphatic rings. The average molecular weight is 695 g/mol. The van der Waals surface area contributed by atoms with E-state index in [1.807, 2.05) is 70.2 Å². The van der Waals surface area contributed by atoms with Crippen LogP contribution >= 0.6 is 23.2 Å². The van der Waals surface area contributed by atoms with Crippen LogP contribution in [0.15, 0.2) is 95.9 Å². The Balaban J connectivity index is 1.87. The number of carbonyl (C=O) groups excluding carboxylic acids is 2. The molecule has 2 atom stereocenters. The molecule has 1 N–H and O–H groups in total. The van der Waals surface area contributed by atoms with E-state index in [0.717, 1.165) is 21.0 Å². The normalized spacial score (nSPS) is 12.7. The first-order valence-electron chi connectivity index (χ1n) is 15.5. The van der Waals surface area contributed by atoms with Gasteiger partial charge in [-0.15, -0.1) is 0 Å². The summed E-state index contributed by atoms with van der Waals surface area (Å²) in [5, 5.41) is 3.69. The number of amides is 2. The van der Waals surface area contributed by atoms with Crippen LogP contribution in [0.2, 0.25) is 10.0 Å². The van der Waals surface area contributed by atoms with Crippen LogP contribution in [0.5, 0.6) is 0 Å². The molecule has 0 spiro atoms. The summed E-state index contributed by atoms with van der Waals surface area (Å²) in [5.41, 5.74) is 4.07. The molecule has 0 saturated carbocycles. The number of sulfonamides is 1. The van der Waals surface area contributed by atoms with E-state index in [9.17, 15) is 18.0 Å². The lowest BCUT2D eigenvalue weighted by Crippen LogP contribution is -2.54. The minimum Gasteiger partial charge on any atom is -0.352 e. The van der Waals surface area contributed by atoms with Crippen LogP contribution in [0, 0.1) is 20.8 Å². The van der Waals surface area contributed by atoms with Gasteiger partial charge in [0.05, 0.1) is 10.6 Å². The highest BCUT2D eigenvalue weighted by Crippen LogP contribution is 2.31. The number of hydrogen-bond donors (Lipinski definition) is 1. The molecule has 0 unspecified atom stereocenters. The summed E-state index contributed by atoms with van der Waals surface area (Å²) in [6.45, 7) is 8.71. The van der Waals surface area contributed by atoms with Gasteiger partial charge in [0.25, 0.3) is 10.0 Å². The topological polar surface area (TPSA) is 86.8 Å². The maximum atomic E-state index is 14.7. The van der Waals surface area contributed by atoms with E-state index in [-0.39, 0.29) is 29.8 Å². The SMILES string of the molecule is CC[C@@H](C)NC(=O)[C@H](Cc1ccccc1)N(Cc1c(Cl)cccc1Cl)C(=O)CN(c1cc(C)ccc1C)S(=O)(=O)c1ccc(C)cc1. The van der Waals surface area contributed by atoms with Crippen molar-refractivity contribution < 1.29 is 18.0 Å². The second kappa shape index (κ2) is 15.8. The Morgan fingerprint density at radius 1 is 0.830 bits per heavy atom. The highest BCUT2D eigenvalue weighted by molar-refractivity contribution is 7.92. The lowest BCUT2D eigenvalue weighted by atomic mass is 10.0. The van der Waals surface area contributed by atoms with Crippen LogP contribution in [0.25, 0.3) is 0 Å². The van der Waals surface area contributed by atoms with Gasteiger partial charge in [-0.25, -0.2) is 8.42 Å². The molecule has 4 rings (SSSR count). The third-order valence-electron chi connectivity index (χ3n) is 8.18. The number of nitrogens with one attached hydrogen (secondary N) is 1. The van der Waals surface area contributed by atoms with Gasteiger partial charge >= 0.3 is 0 Å². The molecule has 0 aliphatic carbocycles. The monoisotopic (exact) mass is 693 g/mol. The fourth-order valence-electron chi connectivity index (χ4n) is 5.19. The first-order chi connectivity index (χ1) is 22.3. The molecule has 0 aliphatic heterocycles. The Hall–Kier alpha value is -3.85. The molecule has 2 amide bonds. The number of halogens is 2. The molecular formula is C37H41Cl2N3O4S. The van der Waals surface area contributed by atoms with Crippen molar-refractivity contribution in [2.45, 2.75) is 71.0 Å². The predicted octanol–water partition coefficient (Wildman–Crippen LogP) is 7.67. The number of anilines is 1. The molecule has 0 fully saturated rings. The average Bonchev–Trinajstić information content (AvgIpc) is 3.04. The van der Waals surface area contributed by atoms with E-state index in [4.69, 9.17) is 23.2 Å². The fourth-order valence-corrected chi connectivity index (χ4v) is 7.18. The van der Waals surface area contributed by atoms with Gasteiger partial charge in [0.15, 0.2) is 0 Å². The second-order valence-electron chi connectivity index (χ2n) is 11.9. The zero-order valence-electron chi connectivity index (χ0n) is 27.3. The highest BCUT2D eigenvalue weighted by atomic mass is 35.5. The van der Waals surface area contributed by atoms with Gasteiger partial charge in [0.1, 0.15) is 12.6 Å². The van der Waals surface area contributed by atoms with E-state index in [2.05, 4.69) is 5.32 Å². The van der Waals surface area contributed by atoms with E-state index in [1.54, 1.807) is 43.3 Å². The standard InChI is InChI=1S/C37H41Cl2N3O4S/c1-6-28(5)40-37(44)35(22-29-11-8-7-9-12-29)41(23-31-32(38)13-10-14-33(31)39)36(43)24-42(34-21-26(3)15-18-27(34)4)47(45,46)30-19-16-25(2)17-20-30/h7-21,28,35H,6,22-24H2,1-5H3,(H,40,44)/t28-,35+/m1/s1. The Bertz CT molecular complexity index is 1800. The van der Waals surface area contributed by atoms with Crippen LogP contribution in [0.4, 0.5) is 5.69 Å². The number of hydrogen-bond acceptors (Lipinski definition) is 4. The minimum atomic E-state index is -4.22. The van der Waals surface area contributed by atoms with Crippen LogP contribution < -0.4 is 9.62 Å². The lowest BCUT2D eigenvalue weighted by Gasteiger charge is -2.35. The van der Waals surface area contributed by atoms with Gasteiger partial charge in [0.2, 0.25) is 11.8 Å². The zero-order chi connectivity index (χ0) is 34.3. The summed E-state index contributed by atoms with van der Waals surface area (Å²) in [6.07, 6.45) is 0.869. The maximum Gasteiger partial charge on any atom is 0.264 e. The molecule has 4 aromatic carbocycles. The largest absolute Gasteiger partial charge is 0.352 e. The third-order valence-corrected chi connectivity index (χ3v) is 10.7. The number of rotatable bonds is 13. The third kappa shape index (κ3) is 8.95. The number of aryl methyl sites for hydroxylation is 3. The van der Waals surface area contributed by atoms with E-state index in [0.29, 0.717) is 33.3 Å². The highest BCUT2D eigenvalue weighted by Gasteiger charge is 2.36. The Kier molecular flexibility index (Phi) is 12.1. The van der Waals surface area contributed by atoms with Crippen molar-refractivity contribution in [2.24, 2.45) is 0 Å². The summed E-state index contributed by atoms with van der Waals surface area (Å²) >= 11 is 13.2. The van der Waals surface area contributed by atoms with E-state index < -0.39 is 28.5 Å². The number of nitrogens with zero attached hydrogens (tertiary/aromatic N) is 2. The summed E-state index contributed by atoms with van der Waals surface area (Å²) in [4.78, 5) is 30.2. The summed E-state index contributed by atoms with van der Waals surface area (Å²) in [6, 6.07) is 25.2. The molecule has 0 bridgehead atoms. The first kappa shape index (κ1) is 36.0. The predicted molar refractivity (Wildman–Crippen MR) is 190 cm³/mol. The molecule has 0 radical (unpaired) electrons. The first-order valence-corrected chi connectivity index (χ1v) is 17.7. The van der Waals surface area contributed by atoms with Crippen molar-refractivity contribution in [3.63, 3.8) is 0 Å². The van der Waals surface area contributed by atoms with Crippen molar-refractivity contribution >= 4 is 50.7 Å². The minimum absolute atomic E-state index is 0.0489. The van der Waals surface area contributed by atoms with Gasteiger partial charge in [-0.05, 0) is 81.1 Å². The molecule has 4 aromatic rings. The quantitative estimate of drug-likeness (QED) is 0.156.